The van der Waals surface area contributed by atoms with Gasteiger partial charge in [-0.25, -0.2) is 4.39 Å². The molecule has 1 aliphatic carbocycles. The lowest BCUT2D eigenvalue weighted by molar-refractivity contribution is -0.126. The summed E-state index contributed by atoms with van der Waals surface area (Å²) in [5.74, 6) is -0.580. The van der Waals surface area contributed by atoms with E-state index in [1.807, 2.05) is 0 Å². The largest absolute Gasteiger partial charge is 0.352 e. The van der Waals surface area contributed by atoms with Crippen LogP contribution in [0.15, 0.2) is 18.2 Å². The van der Waals surface area contributed by atoms with E-state index in [0.717, 1.165) is 31.2 Å². The molecular weight excluding hydrogens is 267 g/mol. The van der Waals surface area contributed by atoms with Crippen molar-refractivity contribution >= 4 is 17.5 Å². The Labute approximate surface area is 117 Å². The minimum absolute atomic E-state index is 0.0207. The van der Waals surface area contributed by atoms with Crippen LogP contribution < -0.4 is 11.1 Å². The molecule has 19 heavy (non-hydrogen) atoms. The molecule has 1 amide bonds. The van der Waals surface area contributed by atoms with Crippen molar-refractivity contribution in [2.75, 3.05) is 0 Å². The second-order valence-corrected chi connectivity index (χ2v) is 5.43. The first kappa shape index (κ1) is 14.3. The fourth-order valence-corrected chi connectivity index (χ4v) is 2.66. The van der Waals surface area contributed by atoms with Gasteiger partial charge in [-0.3, -0.25) is 4.79 Å². The number of carbonyl (C=O) groups is 1. The van der Waals surface area contributed by atoms with Gasteiger partial charge in [0.2, 0.25) is 5.91 Å². The number of rotatable bonds is 3. The van der Waals surface area contributed by atoms with E-state index in [2.05, 4.69) is 5.32 Å². The first-order valence-corrected chi connectivity index (χ1v) is 6.93. The zero-order chi connectivity index (χ0) is 13.8. The maximum Gasteiger partial charge on any atom is 0.224 e. The highest BCUT2D eigenvalue weighted by atomic mass is 35.5. The minimum atomic E-state index is -0.453. The molecule has 0 heterocycles. The second-order valence-electron chi connectivity index (χ2n) is 5.02. The number of halogens is 2. The predicted octanol–water partition coefficient (Wildman–Crippen LogP) is 2.61. The molecule has 0 radical (unpaired) electrons. The lowest BCUT2D eigenvalue weighted by atomic mass is 9.84. The number of benzene rings is 1. The van der Waals surface area contributed by atoms with Crippen LogP contribution in [0.5, 0.6) is 0 Å². The molecule has 2 atom stereocenters. The number of hydrogen-bond donors (Lipinski definition) is 2. The highest BCUT2D eigenvalue weighted by Crippen LogP contribution is 2.23. The van der Waals surface area contributed by atoms with Gasteiger partial charge in [0.15, 0.2) is 0 Å². The Morgan fingerprint density at radius 3 is 2.84 bits per heavy atom. The SMILES string of the molecule is NC1CCCCC1C(=O)NCc1ccc(F)c(Cl)c1. The Morgan fingerprint density at radius 2 is 2.16 bits per heavy atom. The Morgan fingerprint density at radius 1 is 1.42 bits per heavy atom. The summed E-state index contributed by atoms with van der Waals surface area (Å²) in [5.41, 5.74) is 6.74. The first-order chi connectivity index (χ1) is 9.08. The van der Waals surface area contributed by atoms with E-state index in [9.17, 15) is 9.18 Å². The van der Waals surface area contributed by atoms with Gasteiger partial charge in [0.25, 0.3) is 0 Å². The summed E-state index contributed by atoms with van der Waals surface area (Å²) in [6.07, 6.45) is 3.89. The average molecular weight is 285 g/mol. The number of amides is 1. The van der Waals surface area contributed by atoms with Gasteiger partial charge in [0.1, 0.15) is 5.82 Å². The zero-order valence-corrected chi connectivity index (χ0v) is 11.4. The molecule has 1 aromatic carbocycles. The predicted molar refractivity (Wildman–Crippen MR) is 73.2 cm³/mol. The van der Waals surface area contributed by atoms with Gasteiger partial charge in [-0.05, 0) is 30.5 Å². The maximum absolute atomic E-state index is 13.0. The molecule has 0 saturated heterocycles. The van der Waals surface area contributed by atoms with Crippen LogP contribution in [0.4, 0.5) is 4.39 Å². The van der Waals surface area contributed by atoms with Crippen LogP contribution in [-0.2, 0) is 11.3 Å². The number of hydrogen-bond acceptors (Lipinski definition) is 2. The molecule has 3 N–H and O–H groups in total. The van der Waals surface area contributed by atoms with Gasteiger partial charge in [-0.15, -0.1) is 0 Å². The van der Waals surface area contributed by atoms with Crippen molar-refractivity contribution in [1.29, 1.82) is 0 Å². The van der Waals surface area contributed by atoms with Crippen molar-refractivity contribution in [3.63, 3.8) is 0 Å². The molecule has 2 rings (SSSR count). The summed E-state index contributed by atoms with van der Waals surface area (Å²) in [6.45, 7) is 0.349. The van der Waals surface area contributed by atoms with Gasteiger partial charge in [0, 0.05) is 12.6 Å². The number of nitrogens with one attached hydrogen (secondary N) is 1. The molecule has 1 aliphatic rings. The van der Waals surface area contributed by atoms with Gasteiger partial charge < -0.3 is 11.1 Å². The monoisotopic (exact) mass is 284 g/mol. The highest BCUT2D eigenvalue weighted by molar-refractivity contribution is 6.30. The maximum atomic E-state index is 13.0. The molecule has 0 bridgehead atoms. The molecule has 1 saturated carbocycles. The molecule has 1 aromatic rings. The van der Waals surface area contributed by atoms with Gasteiger partial charge in [-0.2, -0.15) is 0 Å². The van der Waals surface area contributed by atoms with Crippen LogP contribution in [-0.4, -0.2) is 11.9 Å². The summed E-state index contributed by atoms with van der Waals surface area (Å²) >= 11 is 5.69. The Balaban J connectivity index is 1.90. The van der Waals surface area contributed by atoms with Gasteiger partial charge >= 0.3 is 0 Å². The topological polar surface area (TPSA) is 55.1 Å². The van der Waals surface area contributed by atoms with E-state index in [4.69, 9.17) is 17.3 Å². The van der Waals surface area contributed by atoms with Crippen LogP contribution in [0.3, 0.4) is 0 Å². The number of nitrogens with two attached hydrogens (primary N) is 1. The lowest BCUT2D eigenvalue weighted by Gasteiger charge is -2.27. The Kier molecular flexibility index (Phi) is 4.77. The molecule has 1 fully saturated rings. The van der Waals surface area contributed by atoms with Crippen LogP contribution in [0.2, 0.25) is 5.02 Å². The van der Waals surface area contributed by atoms with E-state index in [1.165, 1.54) is 12.1 Å². The van der Waals surface area contributed by atoms with Crippen molar-refractivity contribution < 1.29 is 9.18 Å². The van der Waals surface area contributed by atoms with Crippen LogP contribution in [0, 0.1) is 11.7 Å². The quantitative estimate of drug-likeness (QED) is 0.896. The summed E-state index contributed by atoms with van der Waals surface area (Å²) in [7, 11) is 0. The van der Waals surface area contributed by atoms with Gasteiger partial charge in [0.05, 0.1) is 10.9 Å². The molecular formula is C14H18ClFN2O. The van der Waals surface area contributed by atoms with Crippen molar-refractivity contribution in [3.8, 4) is 0 Å². The highest BCUT2D eigenvalue weighted by Gasteiger charge is 2.27. The third-order valence-electron chi connectivity index (χ3n) is 3.61. The standard InChI is InChI=1S/C14H18ClFN2O/c15-11-7-9(5-6-12(11)16)8-18-14(19)10-3-1-2-4-13(10)17/h5-7,10,13H,1-4,8,17H2,(H,18,19). The van der Waals surface area contributed by atoms with Gasteiger partial charge in [-0.1, -0.05) is 30.5 Å². The molecule has 5 heteroatoms. The molecule has 3 nitrogen and oxygen atoms in total. The molecule has 0 aromatic heterocycles. The Bertz CT molecular complexity index is 467. The van der Waals surface area contributed by atoms with Crippen molar-refractivity contribution in [3.05, 3.63) is 34.6 Å². The van der Waals surface area contributed by atoms with E-state index in [1.54, 1.807) is 6.07 Å². The first-order valence-electron chi connectivity index (χ1n) is 6.55. The molecule has 104 valence electrons. The lowest BCUT2D eigenvalue weighted by Crippen LogP contribution is -2.43. The third kappa shape index (κ3) is 3.67. The summed E-state index contributed by atoms with van der Waals surface area (Å²) in [5, 5.41) is 2.92. The van der Waals surface area contributed by atoms with E-state index >= 15 is 0 Å². The Hall–Kier alpha value is -1.13. The van der Waals surface area contributed by atoms with Crippen molar-refractivity contribution in [2.24, 2.45) is 11.7 Å². The fraction of sp³-hybridized carbons (Fsp3) is 0.500. The second kappa shape index (κ2) is 6.35. The van der Waals surface area contributed by atoms with Crippen molar-refractivity contribution in [2.45, 2.75) is 38.3 Å². The zero-order valence-electron chi connectivity index (χ0n) is 10.7. The summed E-state index contributed by atoms with van der Waals surface area (Å²) in [6, 6.07) is 4.39. The fourth-order valence-electron chi connectivity index (χ4n) is 2.45. The smallest absolute Gasteiger partial charge is 0.224 e. The van der Waals surface area contributed by atoms with E-state index < -0.39 is 5.82 Å². The van der Waals surface area contributed by atoms with E-state index in [0.29, 0.717) is 6.54 Å². The average Bonchev–Trinajstić information content (AvgIpc) is 2.40. The summed E-state index contributed by atoms with van der Waals surface area (Å²) in [4.78, 5) is 12.0. The molecule has 0 spiro atoms. The molecule has 2 unspecified atom stereocenters. The van der Waals surface area contributed by atoms with Crippen LogP contribution in [0.25, 0.3) is 0 Å². The van der Waals surface area contributed by atoms with E-state index in [-0.39, 0.29) is 22.9 Å². The van der Waals surface area contributed by atoms with Crippen LogP contribution >= 0.6 is 11.6 Å². The molecule has 0 aliphatic heterocycles. The van der Waals surface area contributed by atoms with Crippen LogP contribution in [0.1, 0.15) is 31.2 Å². The summed E-state index contributed by atoms with van der Waals surface area (Å²) < 4.78 is 13.0. The minimum Gasteiger partial charge on any atom is -0.352 e. The normalized spacial score (nSPS) is 23.1. The van der Waals surface area contributed by atoms with Crippen molar-refractivity contribution in [1.82, 2.24) is 5.32 Å². The third-order valence-corrected chi connectivity index (χ3v) is 3.90. The number of carbonyl (C=O) groups excluding carboxylic acids is 1.